The van der Waals surface area contributed by atoms with Crippen molar-refractivity contribution < 1.29 is 22.0 Å². The Balaban J connectivity index is 2.03. The Kier molecular flexibility index (Phi) is 3.28. The molecule has 18 heavy (non-hydrogen) atoms. The normalized spacial score (nSPS) is 11.4. The van der Waals surface area contributed by atoms with E-state index in [-0.39, 0.29) is 18.3 Å². The van der Waals surface area contributed by atoms with E-state index in [9.17, 15) is 12.8 Å². The third-order valence-electron chi connectivity index (χ3n) is 1.94. The van der Waals surface area contributed by atoms with Crippen LogP contribution in [0.25, 0.3) is 0 Å². The Hall–Kier alpha value is -1.96. The van der Waals surface area contributed by atoms with Crippen LogP contribution in [0, 0.1) is 5.82 Å². The van der Waals surface area contributed by atoms with Gasteiger partial charge in [0.05, 0.1) is 0 Å². The van der Waals surface area contributed by atoms with Gasteiger partial charge in [0.2, 0.25) is 9.84 Å². The van der Waals surface area contributed by atoms with E-state index in [0.717, 1.165) is 6.26 Å². The topological polar surface area (TPSA) is 82.3 Å². The fourth-order valence-electron chi connectivity index (χ4n) is 1.12. The lowest BCUT2D eigenvalue weighted by molar-refractivity contribution is 0.250. The minimum atomic E-state index is -3.52. The van der Waals surface area contributed by atoms with E-state index in [4.69, 9.17) is 9.15 Å². The van der Waals surface area contributed by atoms with E-state index in [1.165, 1.54) is 24.3 Å². The average molecular weight is 272 g/mol. The van der Waals surface area contributed by atoms with Gasteiger partial charge in [0, 0.05) is 6.26 Å². The Morgan fingerprint density at radius 2 is 1.94 bits per heavy atom. The predicted molar refractivity (Wildman–Crippen MR) is 58.1 cm³/mol. The van der Waals surface area contributed by atoms with Gasteiger partial charge in [-0.3, -0.25) is 0 Å². The highest BCUT2D eigenvalue weighted by Gasteiger charge is 2.16. The second kappa shape index (κ2) is 4.73. The lowest BCUT2D eigenvalue weighted by Crippen LogP contribution is -1.96. The molecule has 1 aromatic heterocycles. The van der Waals surface area contributed by atoms with Gasteiger partial charge < -0.3 is 9.15 Å². The maximum absolute atomic E-state index is 12.6. The number of hydrogen-bond acceptors (Lipinski definition) is 6. The molecule has 96 valence electrons. The highest BCUT2D eigenvalue weighted by atomic mass is 32.2. The maximum Gasteiger partial charge on any atom is 0.335 e. The third kappa shape index (κ3) is 3.04. The summed E-state index contributed by atoms with van der Waals surface area (Å²) >= 11 is 0. The van der Waals surface area contributed by atoms with Gasteiger partial charge in [-0.1, -0.05) is 5.10 Å². The van der Waals surface area contributed by atoms with Gasteiger partial charge in [0.1, 0.15) is 11.6 Å². The summed E-state index contributed by atoms with van der Waals surface area (Å²) in [5.74, 6) is 0.0646. The van der Waals surface area contributed by atoms with Gasteiger partial charge in [0.25, 0.3) is 5.89 Å². The van der Waals surface area contributed by atoms with E-state index in [0.29, 0.717) is 5.75 Å². The van der Waals surface area contributed by atoms with E-state index >= 15 is 0 Å². The van der Waals surface area contributed by atoms with E-state index in [1.54, 1.807) is 0 Å². The highest BCUT2D eigenvalue weighted by molar-refractivity contribution is 7.90. The summed E-state index contributed by atoms with van der Waals surface area (Å²) in [6, 6.07) is 5.35. The number of ether oxygens (including phenoxy) is 1. The molecule has 2 aromatic rings. The number of aromatic nitrogens is 2. The van der Waals surface area contributed by atoms with E-state index in [1.807, 2.05) is 0 Å². The lowest BCUT2D eigenvalue weighted by Gasteiger charge is -2.01. The van der Waals surface area contributed by atoms with Crippen LogP contribution in [-0.4, -0.2) is 24.9 Å². The highest BCUT2D eigenvalue weighted by Crippen LogP contribution is 2.14. The van der Waals surface area contributed by atoms with Crippen LogP contribution in [0.15, 0.2) is 33.9 Å². The summed E-state index contributed by atoms with van der Waals surface area (Å²) in [5, 5.41) is 6.43. The van der Waals surface area contributed by atoms with Crippen LogP contribution in [0.3, 0.4) is 0 Å². The fraction of sp³-hybridized carbons (Fsp3) is 0.200. The minimum absolute atomic E-state index is 0.0275. The molecule has 0 saturated carbocycles. The lowest BCUT2D eigenvalue weighted by atomic mass is 10.3. The van der Waals surface area contributed by atoms with Crippen LogP contribution < -0.4 is 4.74 Å². The van der Waals surface area contributed by atoms with Gasteiger partial charge in [-0.25, -0.2) is 12.8 Å². The summed E-state index contributed by atoms with van der Waals surface area (Å²) in [6.07, 6.45) is 0.963. The van der Waals surface area contributed by atoms with Gasteiger partial charge in [-0.05, 0) is 24.3 Å². The molecule has 0 amide bonds. The molecule has 6 nitrogen and oxygen atoms in total. The Labute approximate surface area is 102 Å². The Morgan fingerprint density at radius 3 is 2.50 bits per heavy atom. The molecule has 8 heteroatoms. The molecule has 0 bridgehead atoms. The molecule has 0 aliphatic rings. The van der Waals surface area contributed by atoms with Crippen LogP contribution in [0.5, 0.6) is 5.75 Å². The van der Waals surface area contributed by atoms with E-state index < -0.39 is 15.1 Å². The molecule has 0 aliphatic heterocycles. The monoisotopic (exact) mass is 272 g/mol. The SMILES string of the molecule is CS(=O)(=O)c1nnc(COc2ccc(F)cc2)o1. The summed E-state index contributed by atoms with van der Waals surface area (Å²) in [4.78, 5) is 0. The van der Waals surface area contributed by atoms with Crippen molar-refractivity contribution >= 4 is 9.84 Å². The Bertz CT molecular complexity index is 636. The molecule has 1 aromatic carbocycles. The first kappa shape index (κ1) is 12.5. The van der Waals surface area contributed by atoms with Crippen LogP contribution in [-0.2, 0) is 16.4 Å². The fourth-order valence-corrected chi connectivity index (χ4v) is 1.56. The number of hydrogen-bond donors (Lipinski definition) is 0. The molecular weight excluding hydrogens is 263 g/mol. The maximum atomic E-state index is 12.6. The van der Waals surface area contributed by atoms with E-state index in [2.05, 4.69) is 10.2 Å². The zero-order valence-corrected chi connectivity index (χ0v) is 10.1. The summed E-state index contributed by atoms with van der Waals surface area (Å²) in [6.45, 7) is -0.0891. The van der Waals surface area contributed by atoms with Crippen molar-refractivity contribution in [2.24, 2.45) is 0 Å². The van der Waals surface area contributed by atoms with Crippen molar-refractivity contribution in [3.05, 3.63) is 36.0 Å². The number of sulfone groups is 1. The molecule has 0 radical (unpaired) electrons. The number of rotatable bonds is 4. The van der Waals surface area contributed by atoms with Crippen LogP contribution in [0.2, 0.25) is 0 Å². The number of benzene rings is 1. The van der Waals surface area contributed by atoms with Crippen LogP contribution >= 0.6 is 0 Å². The zero-order valence-electron chi connectivity index (χ0n) is 9.33. The van der Waals surface area contributed by atoms with Crippen molar-refractivity contribution in [3.8, 4) is 5.75 Å². The van der Waals surface area contributed by atoms with Gasteiger partial charge >= 0.3 is 5.22 Å². The molecule has 0 fully saturated rings. The molecule has 0 saturated heterocycles. The van der Waals surface area contributed by atoms with Crippen molar-refractivity contribution in [2.75, 3.05) is 6.26 Å². The summed E-state index contributed by atoms with van der Waals surface area (Å²) < 4.78 is 44.9. The van der Waals surface area contributed by atoms with Crippen LogP contribution in [0.4, 0.5) is 4.39 Å². The first-order chi connectivity index (χ1) is 8.45. The van der Waals surface area contributed by atoms with Crippen molar-refractivity contribution in [3.63, 3.8) is 0 Å². The van der Waals surface area contributed by atoms with Crippen molar-refractivity contribution in [1.29, 1.82) is 0 Å². The second-order valence-corrected chi connectivity index (χ2v) is 5.37. The average Bonchev–Trinajstić information content (AvgIpc) is 2.77. The van der Waals surface area contributed by atoms with Gasteiger partial charge in [-0.15, -0.1) is 5.10 Å². The van der Waals surface area contributed by atoms with Crippen LogP contribution in [0.1, 0.15) is 5.89 Å². The largest absolute Gasteiger partial charge is 0.484 e. The molecule has 0 spiro atoms. The first-order valence-corrected chi connectivity index (χ1v) is 6.75. The van der Waals surface area contributed by atoms with Gasteiger partial charge in [-0.2, -0.15) is 0 Å². The molecule has 2 rings (SSSR count). The minimum Gasteiger partial charge on any atom is -0.484 e. The quantitative estimate of drug-likeness (QED) is 0.831. The first-order valence-electron chi connectivity index (χ1n) is 4.86. The standard InChI is InChI=1S/C10H9FN2O4S/c1-18(14,15)10-13-12-9(17-10)6-16-8-4-2-7(11)3-5-8/h2-5H,6H2,1H3. The molecule has 0 N–H and O–H groups in total. The Morgan fingerprint density at radius 1 is 1.28 bits per heavy atom. The zero-order chi connectivity index (χ0) is 13.2. The third-order valence-corrected chi connectivity index (χ3v) is 2.74. The molecule has 0 atom stereocenters. The number of nitrogens with zero attached hydrogens (tertiary/aromatic N) is 2. The number of halogens is 1. The second-order valence-electron chi connectivity index (χ2n) is 3.48. The van der Waals surface area contributed by atoms with Gasteiger partial charge in [0.15, 0.2) is 6.61 Å². The predicted octanol–water partition coefficient (Wildman–Crippen LogP) is 1.19. The molecular formula is C10H9FN2O4S. The summed E-state index contributed by atoms with van der Waals surface area (Å²) in [5.41, 5.74) is 0. The molecule has 1 heterocycles. The smallest absolute Gasteiger partial charge is 0.335 e. The molecule has 0 unspecified atom stereocenters. The summed E-state index contributed by atoms with van der Waals surface area (Å²) in [7, 11) is -3.52. The van der Waals surface area contributed by atoms with Crippen molar-refractivity contribution in [1.82, 2.24) is 10.2 Å². The van der Waals surface area contributed by atoms with Crippen molar-refractivity contribution in [2.45, 2.75) is 11.8 Å². The molecule has 0 aliphatic carbocycles.